The van der Waals surface area contributed by atoms with Gasteiger partial charge < -0.3 is 4.74 Å². The Bertz CT molecular complexity index is 207. The van der Waals surface area contributed by atoms with Crippen molar-refractivity contribution < 1.29 is 13.2 Å². The SMILES string of the molecule is CC(=N)OCCS(C)(=O)=O. The topological polar surface area (TPSA) is 67.2 Å². The summed E-state index contributed by atoms with van der Waals surface area (Å²) in [6, 6.07) is 0. The lowest BCUT2D eigenvalue weighted by atomic mass is 10.7. The van der Waals surface area contributed by atoms with Gasteiger partial charge in [0.15, 0.2) is 15.7 Å². The lowest BCUT2D eigenvalue weighted by molar-refractivity contribution is 0.322. The molecule has 0 heterocycles. The second-order valence-corrected chi connectivity index (χ2v) is 4.29. The standard InChI is InChI=1S/C5H11NO3S/c1-5(6)9-3-4-10(2,7)8/h6H,3-4H2,1-2H3. The summed E-state index contributed by atoms with van der Waals surface area (Å²) in [6.07, 6.45) is 1.13. The fraction of sp³-hybridized carbons (Fsp3) is 0.800. The van der Waals surface area contributed by atoms with E-state index in [-0.39, 0.29) is 18.3 Å². The molecule has 0 aromatic heterocycles. The molecule has 0 atom stereocenters. The highest BCUT2D eigenvalue weighted by Crippen LogP contribution is 1.84. The van der Waals surface area contributed by atoms with E-state index in [9.17, 15) is 8.42 Å². The number of ether oxygens (including phenoxy) is 1. The van der Waals surface area contributed by atoms with E-state index < -0.39 is 9.84 Å². The smallest absolute Gasteiger partial charge is 0.177 e. The van der Waals surface area contributed by atoms with Crippen LogP contribution in [0.4, 0.5) is 0 Å². The van der Waals surface area contributed by atoms with Crippen LogP contribution in [0.2, 0.25) is 0 Å². The number of hydrogen-bond donors (Lipinski definition) is 1. The van der Waals surface area contributed by atoms with Crippen LogP contribution in [-0.2, 0) is 14.6 Å². The first kappa shape index (κ1) is 9.42. The molecule has 0 unspecified atom stereocenters. The minimum absolute atomic E-state index is 0.0246. The molecule has 0 bridgehead atoms. The van der Waals surface area contributed by atoms with Crippen molar-refractivity contribution in [1.29, 1.82) is 5.41 Å². The molecule has 0 aliphatic heterocycles. The highest BCUT2D eigenvalue weighted by Gasteiger charge is 2.00. The minimum atomic E-state index is -2.94. The van der Waals surface area contributed by atoms with Crippen molar-refractivity contribution in [3.05, 3.63) is 0 Å². The summed E-state index contributed by atoms with van der Waals surface area (Å²) in [5.74, 6) is 0.0205. The van der Waals surface area contributed by atoms with Crippen molar-refractivity contribution in [1.82, 2.24) is 0 Å². The van der Waals surface area contributed by atoms with Crippen LogP contribution in [0.3, 0.4) is 0 Å². The zero-order valence-electron chi connectivity index (χ0n) is 6.05. The molecular formula is C5H11NO3S. The number of sulfone groups is 1. The molecule has 0 fully saturated rings. The second kappa shape index (κ2) is 3.55. The summed E-state index contributed by atoms with van der Waals surface area (Å²) < 4.78 is 25.5. The molecule has 0 amide bonds. The lowest BCUT2D eigenvalue weighted by Gasteiger charge is -2.00. The third-order valence-electron chi connectivity index (χ3n) is 0.773. The Morgan fingerprint density at radius 2 is 2.10 bits per heavy atom. The maximum absolute atomic E-state index is 10.5. The van der Waals surface area contributed by atoms with E-state index in [2.05, 4.69) is 4.74 Å². The van der Waals surface area contributed by atoms with Crippen LogP contribution < -0.4 is 0 Å². The summed E-state index contributed by atoms with van der Waals surface area (Å²) in [4.78, 5) is 0. The first-order chi connectivity index (χ1) is 4.42. The third-order valence-corrected chi connectivity index (χ3v) is 1.68. The van der Waals surface area contributed by atoms with Crippen molar-refractivity contribution in [2.45, 2.75) is 6.92 Å². The summed E-state index contributed by atoms with van der Waals surface area (Å²) >= 11 is 0. The van der Waals surface area contributed by atoms with Gasteiger partial charge in [0, 0.05) is 13.2 Å². The molecule has 5 heteroatoms. The normalized spacial score (nSPS) is 11.0. The van der Waals surface area contributed by atoms with Gasteiger partial charge in [-0.15, -0.1) is 0 Å². The van der Waals surface area contributed by atoms with Gasteiger partial charge in [0.2, 0.25) is 0 Å². The first-order valence-electron chi connectivity index (χ1n) is 2.77. The molecule has 10 heavy (non-hydrogen) atoms. The summed E-state index contributed by atoms with van der Waals surface area (Å²) in [6.45, 7) is 1.54. The molecule has 0 aliphatic rings. The molecule has 0 radical (unpaired) electrons. The molecule has 60 valence electrons. The van der Waals surface area contributed by atoms with Gasteiger partial charge in [-0.2, -0.15) is 0 Å². The largest absolute Gasteiger partial charge is 0.480 e. The average Bonchev–Trinajstić information content (AvgIpc) is 1.59. The minimum Gasteiger partial charge on any atom is -0.480 e. The quantitative estimate of drug-likeness (QED) is 0.474. The van der Waals surface area contributed by atoms with Gasteiger partial charge in [0.25, 0.3) is 0 Å². The zero-order chi connectivity index (χ0) is 8.20. The molecule has 0 rings (SSSR count). The summed E-state index contributed by atoms with van der Waals surface area (Å²) in [7, 11) is -2.94. The average molecular weight is 165 g/mol. The van der Waals surface area contributed by atoms with Crippen LogP contribution in [-0.4, -0.2) is 32.9 Å². The van der Waals surface area contributed by atoms with E-state index in [4.69, 9.17) is 5.41 Å². The van der Waals surface area contributed by atoms with Crippen molar-refractivity contribution in [2.24, 2.45) is 0 Å². The summed E-state index contributed by atoms with van der Waals surface area (Å²) in [5.41, 5.74) is 0. The molecule has 0 saturated carbocycles. The Morgan fingerprint density at radius 3 is 2.40 bits per heavy atom. The van der Waals surface area contributed by atoms with E-state index in [0.29, 0.717) is 0 Å². The lowest BCUT2D eigenvalue weighted by Crippen LogP contribution is -2.11. The zero-order valence-corrected chi connectivity index (χ0v) is 6.86. The molecule has 0 spiro atoms. The predicted molar refractivity (Wildman–Crippen MR) is 39.1 cm³/mol. The van der Waals surface area contributed by atoms with Gasteiger partial charge in [0.1, 0.15) is 6.61 Å². The fourth-order valence-corrected chi connectivity index (χ4v) is 0.732. The van der Waals surface area contributed by atoms with E-state index in [1.807, 2.05) is 0 Å². The van der Waals surface area contributed by atoms with Crippen molar-refractivity contribution in [3.63, 3.8) is 0 Å². The van der Waals surface area contributed by atoms with Crippen LogP contribution in [0, 0.1) is 5.41 Å². The van der Waals surface area contributed by atoms with E-state index in [1.54, 1.807) is 0 Å². The molecule has 0 aromatic carbocycles. The Kier molecular flexibility index (Phi) is 3.35. The molecule has 0 saturated heterocycles. The van der Waals surface area contributed by atoms with Crippen LogP contribution >= 0.6 is 0 Å². The third kappa shape index (κ3) is 7.42. The van der Waals surface area contributed by atoms with Crippen LogP contribution in [0.1, 0.15) is 6.92 Å². The van der Waals surface area contributed by atoms with Crippen LogP contribution in [0.5, 0.6) is 0 Å². The fourth-order valence-electron chi connectivity index (χ4n) is 0.346. The van der Waals surface area contributed by atoms with Gasteiger partial charge in [-0.25, -0.2) is 8.42 Å². The maximum Gasteiger partial charge on any atom is 0.177 e. The van der Waals surface area contributed by atoms with Crippen molar-refractivity contribution >= 4 is 15.7 Å². The predicted octanol–water partition coefficient (Wildman–Crippen LogP) is 0.0448. The highest BCUT2D eigenvalue weighted by molar-refractivity contribution is 7.90. The van der Waals surface area contributed by atoms with Crippen molar-refractivity contribution in [3.8, 4) is 0 Å². The van der Waals surface area contributed by atoms with E-state index in [1.165, 1.54) is 6.92 Å². The molecular weight excluding hydrogens is 154 g/mol. The van der Waals surface area contributed by atoms with Gasteiger partial charge >= 0.3 is 0 Å². The van der Waals surface area contributed by atoms with Gasteiger partial charge in [-0.1, -0.05) is 0 Å². The highest BCUT2D eigenvalue weighted by atomic mass is 32.2. The van der Waals surface area contributed by atoms with Crippen LogP contribution in [0.15, 0.2) is 0 Å². The van der Waals surface area contributed by atoms with Gasteiger partial charge in [0.05, 0.1) is 5.75 Å². The Morgan fingerprint density at radius 1 is 1.60 bits per heavy atom. The molecule has 0 aromatic rings. The summed E-state index contributed by atoms with van der Waals surface area (Å²) in [5, 5.41) is 6.79. The van der Waals surface area contributed by atoms with E-state index in [0.717, 1.165) is 6.26 Å². The Hall–Kier alpha value is -0.580. The Balaban J connectivity index is 3.49. The maximum atomic E-state index is 10.5. The van der Waals surface area contributed by atoms with Gasteiger partial charge in [-0.05, 0) is 0 Å². The monoisotopic (exact) mass is 165 g/mol. The van der Waals surface area contributed by atoms with Crippen molar-refractivity contribution in [2.75, 3.05) is 18.6 Å². The number of hydrogen-bond acceptors (Lipinski definition) is 4. The second-order valence-electron chi connectivity index (χ2n) is 2.03. The Labute approximate surface area is 60.6 Å². The molecule has 1 N–H and O–H groups in total. The van der Waals surface area contributed by atoms with E-state index >= 15 is 0 Å². The van der Waals surface area contributed by atoms with Crippen LogP contribution in [0.25, 0.3) is 0 Å². The molecule has 0 aliphatic carbocycles. The molecule has 4 nitrogen and oxygen atoms in total. The number of rotatable bonds is 3. The first-order valence-corrected chi connectivity index (χ1v) is 4.83. The number of nitrogens with one attached hydrogen (secondary N) is 1. The van der Waals surface area contributed by atoms with Gasteiger partial charge in [-0.3, -0.25) is 5.41 Å².